The van der Waals surface area contributed by atoms with Crippen LogP contribution in [-0.2, 0) is 22.6 Å². The number of pyridine rings is 1. The van der Waals surface area contributed by atoms with Gasteiger partial charge in [-0.15, -0.1) is 0 Å². The highest BCUT2D eigenvalue weighted by molar-refractivity contribution is 5.77. The molecule has 1 aliphatic rings. The van der Waals surface area contributed by atoms with Crippen LogP contribution in [0.1, 0.15) is 36.2 Å². The third-order valence-electron chi connectivity index (χ3n) is 3.72. The molecule has 3 rings (SSSR count). The summed E-state index contributed by atoms with van der Waals surface area (Å²) < 4.78 is 10.7. The first-order chi connectivity index (χ1) is 11.7. The first-order valence-electron chi connectivity index (χ1n) is 7.99. The van der Waals surface area contributed by atoms with Crippen molar-refractivity contribution in [1.82, 2.24) is 25.3 Å². The SMILES string of the molecule is CN(CC(=O)NCc1noc([C@H]2CCCO2)n1)Cc1cccnc1. The number of carbonyl (C=O) groups excluding carboxylic acids is 1. The number of rotatable bonds is 7. The van der Waals surface area contributed by atoms with Crippen LogP contribution >= 0.6 is 0 Å². The Bertz CT molecular complexity index is 655. The smallest absolute Gasteiger partial charge is 0.255 e. The van der Waals surface area contributed by atoms with Gasteiger partial charge in [-0.3, -0.25) is 14.7 Å². The van der Waals surface area contributed by atoms with Gasteiger partial charge in [0.1, 0.15) is 6.10 Å². The van der Waals surface area contributed by atoms with E-state index in [0.29, 0.717) is 18.3 Å². The fraction of sp³-hybridized carbons (Fsp3) is 0.500. The van der Waals surface area contributed by atoms with Crippen LogP contribution < -0.4 is 5.32 Å². The molecule has 1 fully saturated rings. The van der Waals surface area contributed by atoms with Crippen molar-refractivity contribution in [1.29, 1.82) is 0 Å². The molecular weight excluding hydrogens is 310 g/mol. The van der Waals surface area contributed by atoms with Crippen LogP contribution in [0.15, 0.2) is 29.0 Å². The summed E-state index contributed by atoms with van der Waals surface area (Å²) in [5.41, 5.74) is 1.06. The lowest BCUT2D eigenvalue weighted by Gasteiger charge is -2.15. The van der Waals surface area contributed by atoms with E-state index >= 15 is 0 Å². The molecule has 0 saturated carbocycles. The highest BCUT2D eigenvalue weighted by atomic mass is 16.5. The Morgan fingerprint density at radius 3 is 3.17 bits per heavy atom. The Morgan fingerprint density at radius 1 is 1.50 bits per heavy atom. The number of likely N-dealkylation sites (N-methyl/N-ethyl adjacent to an activating group) is 1. The van der Waals surface area contributed by atoms with Crippen LogP contribution in [-0.4, -0.2) is 46.1 Å². The molecule has 2 aromatic heterocycles. The Balaban J connectivity index is 1.42. The summed E-state index contributed by atoms with van der Waals surface area (Å²) in [6.45, 7) is 1.91. The van der Waals surface area contributed by atoms with Gasteiger partial charge in [0, 0.05) is 25.5 Å². The summed E-state index contributed by atoms with van der Waals surface area (Å²) in [6.07, 6.45) is 5.31. The second-order valence-electron chi connectivity index (χ2n) is 5.86. The van der Waals surface area contributed by atoms with E-state index in [1.807, 2.05) is 24.1 Å². The van der Waals surface area contributed by atoms with Crippen molar-refractivity contribution in [2.45, 2.75) is 32.0 Å². The zero-order chi connectivity index (χ0) is 16.8. The minimum Gasteiger partial charge on any atom is -0.368 e. The van der Waals surface area contributed by atoms with E-state index in [1.165, 1.54) is 0 Å². The average molecular weight is 331 g/mol. The van der Waals surface area contributed by atoms with Crippen LogP contribution in [0.4, 0.5) is 0 Å². The van der Waals surface area contributed by atoms with Crippen molar-refractivity contribution < 1.29 is 14.1 Å². The highest BCUT2D eigenvalue weighted by Gasteiger charge is 2.23. The molecule has 0 unspecified atom stereocenters. The molecule has 0 bridgehead atoms. The Kier molecular flexibility index (Phi) is 5.50. The summed E-state index contributed by atoms with van der Waals surface area (Å²) >= 11 is 0. The molecular formula is C16H21N5O3. The minimum atomic E-state index is -0.104. The van der Waals surface area contributed by atoms with E-state index in [9.17, 15) is 4.79 Å². The second kappa shape index (κ2) is 7.98. The van der Waals surface area contributed by atoms with Crippen LogP contribution in [0.2, 0.25) is 0 Å². The quantitative estimate of drug-likeness (QED) is 0.811. The van der Waals surface area contributed by atoms with Crippen LogP contribution in [0.5, 0.6) is 0 Å². The van der Waals surface area contributed by atoms with E-state index in [0.717, 1.165) is 25.0 Å². The number of aromatic nitrogens is 3. The van der Waals surface area contributed by atoms with E-state index in [-0.39, 0.29) is 25.1 Å². The van der Waals surface area contributed by atoms with E-state index in [1.54, 1.807) is 12.4 Å². The molecule has 0 aromatic carbocycles. The molecule has 1 saturated heterocycles. The number of hydrogen-bond acceptors (Lipinski definition) is 7. The fourth-order valence-corrected chi connectivity index (χ4v) is 2.58. The molecule has 0 spiro atoms. The molecule has 1 aliphatic heterocycles. The lowest BCUT2D eigenvalue weighted by Crippen LogP contribution is -2.34. The van der Waals surface area contributed by atoms with Crippen LogP contribution in [0, 0.1) is 0 Å². The van der Waals surface area contributed by atoms with Gasteiger partial charge in [0.2, 0.25) is 5.91 Å². The van der Waals surface area contributed by atoms with Gasteiger partial charge >= 0.3 is 0 Å². The number of nitrogens with one attached hydrogen (secondary N) is 1. The maximum atomic E-state index is 12.0. The fourth-order valence-electron chi connectivity index (χ4n) is 2.58. The Hall–Kier alpha value is -2.32. The Labute approximate surface area is 140 Å². The maximum Gasteiger partial charge on any atom is 0.255 e. The summed E-state index contributed by atoms with van der Waals surface area (Å²) in [6, 6.07) is 3.86. The predicted molar refractivity (Wildman–Crippen MR) is 84.6 cm³/mol. The first-order valence-corrected chi connectivity index (χ1v) is 7.99. The second-order valence-corrected chi connectivity index (χ2v) is 5.86. The van der Waals surface area contributed by atoms with Crippen molar-refractivity contribution in [3.8, 4) is 0 Å². The third-order valence-corrected chi connectivity index (χ3v) is 3.72. The number of hydrogen-bond donors (Lipinski definition) is 1. The number of nitrogens with zero attached hydrogens (tertiary/aromatic N) is 4. The lowest BCUT2D eigenvalue weighted by atomic mass is 10.2. The molecule has 0 aliphatic carbocycles. The van der Waals surface area contributed by atoms with E-state index in [2.05, 4.69) is 20.4 Å². The van der Waals surface area contributed by atoms with Crippen molar-refractivity contribution in [2.75, 3.05) is 20.2 Å². The lowest BCUT2D eigenvalue weighted by molar-refractivity contribution is -0.122. The minimum absolute atomic E-state index is 0.0927. The molecule has 8 heteroatoms. The monoisotopic (exact) mass is 331 g/mol. The van der Waals surface area contributed by atoms with Gasteiger partial charge in [-0.25, -0.2) is 0 Å². The highest BCUT2D eigenvalue weighted by Crippen LogP contribution is 2.26. The number of amides is 1. The topological polar surface area (TPSA) is 93.4 Å². The van der Waals surface area contributed by atoms with Crippen LogP contribution in [0.3, 0.4) is 0 Å². The van der Waals surface area contributed by atoms with Gasteiger partial charge in [-0.2, -0.15) is 4.98 Å². The van der Waals surface area contributed by atoms with Crippen LogP contribution in [0.25, 0.3) is 0 Å². The number of carbonyl (C=O) groups is 1. The summed E-state index contributed by atoms with van der Waals surface area (Å²) in [5, 5.41) is 6.67. The van der Waals surface area contributed by atoms with Gasteiger partial charge in [0.05, 0.1) is 13.1 Å². The summed E-state index contributed by atoms with van der Waals surface area (Å²) in [7, 11) is 1.89. The molecule has 8 nitrogen and oxygen atoms in total. The third kappa shape index (κ3) is 4.59. The average Bonchev–Trinajstić information content (AvgIpc) is 3.25. The molecule has 1 atom stereocenters. The standard InChI is InChI=1S/C16H21N5O3/c1-21(10-12-4-2-6-17-8-12)11-15(22)18-9-14-19-16(24-20-14)13-5-3-7-23-13/h2,4,6,8,13H,3,5,7,9-11H2,1H3,(H,18,22)/t13-/m1/s1. The zero-order valence-corrected chi connectivity index (χ0v) is 13.6. The normalized spacial score (nSPS) is 17.3. The van der Waals surface area contributed by atoms with Gasteiger partial charge in [-0.1, -0.05) is 11.2 Å². The van der Waals surface area contributed by atoms with Gasteiger partial charge in [0.15, 0.2) is 5.82 Å². The molecule has 2 aromatic rings. The largest absolute Gasteiger partial charge is 0.368 e. The first kappa shape index (κ1) is 16.5. The van der Waals surface area contributed by atoms with Crippen molar-refractivity contribution >= 4 is 5.91 Å². The van der Waals surface area contributed by atoms with Gasteiger partial charge in [-0.05, 0) is 31.5 Å². The predicted octanol–water partition coefficient (Wildman–Crippen LogP) is 1.06. The van der Waals surface area contributed by atoms with E-state index in [4.69, 9.17) is 9.26 Å². The Morgan fingerprint density at radius 2 is 2.42 bits per heavy atom. The van der Waals surface area contributed by atoms with E-state index < -0.39 is 0 Å². The molecule has 24 heavy (non-hydrogen) atoms. The van der Waals surface area contributed by atoms with Crippen molar-refractivity contribution in [3.05, 3.63) is 41.8 Å². The van der Waals surface area contributed by atoms with Crippen molar-refractivity contribution in [2.24, 2.45) is 0 Å². The van der Waals surface area contributed by atoms with Crippen molar-refractivity contribution in [3.63, 3.8) is 0 Å². The summed E-state index contributed by atoms with van der Waals surface area (Å²) in [4.78, 5) is 22.3. The molecule has 3 heterocycles. The molecule has 1 N–H and O–H groups in total. The summed E-state index contributed by atoms with van der Waals surface area (Å²) in [5.74, 6) is 0.860. The maximum absolute atomic E-state index is 12.0. The molecule has 0 radical (unpaired) electrons. The zero-order valence-electron chi connectivity index (χ0n) is 13.6. The molecule has 128 valence electrons. The van der Waals surface area contributed by atoms with Gasteiger partial charge < -0.3 is 14.6 Å². The molecule has 1 amide bonds. The number of ether oxygens (including phenoxy) is 1. The van der Waals surface area contributed by atoms with Gasteiger partial charge in [0.25, 0.3) is 5.89 Å².